The average Bonchev–Trinajstić information content (AvgIpc) is 2.32. The van der Waals surface area contributed by atoms with E-state index in [1.807, 2.05) is 0 Å². The highest BCUT2D eigenvalue weighted by molar-refractivity contribution is 9.09. The summed E-state index contributed by atoms with van der Waals surface area (Å²) >= 11 is 3.03. The number of alkyl halides is 1. The molecular weight excluding hydrogens is 298 g/mol. The molecule has 1 aromatic rings. The minimum atomic E-state index is -0.846. The van der Waals surface area contributed by atoms with Gasteiger partial charge in [-0.2, -0.15) is 0 Å². The van der Waals surface area contributed by atoms with Gasteiger partial charge < -0.3 is 9.47 Å². The lowest BCUT2D eigenvalue weighted by Gasteiger charge is -2.08. The molecule has 6 heteroatoms. The molecule has 92 valence electrons. The second kappa shape index (κ2) is 6.34. The molecule has 3 nitrogen and oxygen atoms in total. The third-order valence-corrected chi connectivity index (χ3v) is 2.32. The third kappa shape index (κ3) is 3.81. The van der Waals surface area contributed by atoms with E-state index in [1.54, 1.807) is 0 Å². The van der Waals surface area contributed by atoms with Crippen molar-refractivity contribution in [2.75, 3.05) is 12.4 Å². The number of hydrogen-bond donors (Lipinski definition) is 0. The van der Waals surface area contributed by atoms with Crippen molar-refractivity contribution in [1.82, 2.24) is 0 Å². The Bertz CT molecular complexity index is 426. The summed E-state index contributed by atoms with van der Waals surface area (Å²) in [4.78, 5) is 11.0. The van der Waals surface area contributed by atoms with Crippen molar-refractivity contribution < 1.29 is 23.0 Å². The van der Waals surface area contributed by atoms with Crippen LogP contribution in [0.5, 0.6) is 5.75 Å². The van der Waals surface area contributed by atoms with Crippen LogP contribution in [0.3, 0.4) is 0 Å². The Hall–Kier alpha value is -1.43. The lowest BCUT2D eigenvalue weighted by atomic mass is 10.3. The smallest absolute Gasteiger partial charge is 0.333 e. The molecule has 0 atom stereocenters. The third-order valence-electron chi connectivity index (χ3n) is 1.76. The SMILES string of the molecule is COC(=O)/C=C(/CBr)Oc1c(F)cccc1F. The number of esters is 1. The molecule has 0 aliphatic carbocycles. The summed E-state index contributed by atoms with van der Waals surface area (Å²) in [6.07, 6.45) is 1.00. The van der Waals surface area contributed by atoms with Crippen molar-refractivity contribution in [1.29, 1.82) is 0 Å². The number of halogens is 3. The molecular formula is C11H9BrF2O3. The molecule has 0 aliphatic rings. The van der Waals surface area contributed by atoms with E-state index >= 15 is 0 Å². The van der Waals surface area contributed by atoms with E-state index in [9.17, 15) is 13.6 Å². The number of methoxy groups -OCH3 is 1. The number of allylic oxidation sites excluding steroid dienone is 1. The first-order valence-electron chi connectivity index (χ1n) is 4.54. The number of ether oxygens (including phenoxy) is 2. The lowest BCUT2D eigenvalue weighted by Crippen LogP contribution is -2.05. The maximum absolute atomic E-state index is 13.2. The van der Waals surface area contributed by atoms with Gasteiger partial charge in [0, 0.05) is 0 Å². The standard InChI is InChI=1S/C11H9BrF2O3/c1-16-10(15)5-7(6-12)17-11-8(13)3-2-4-9(11)14/h2-5H,6H2,1H3/b7-5-. The Morgan fingerprint density at radius 3 is 2.47 bits per heavy atom. The quantitative estimate of drug-likeness (QED) is 0.371. The van der Waals surface area contributed by atoms with Gasteiger partial charge in [-0.3, -0.25) is 0 Å². The normalized spacial score (nSPS) is 11.2. The van der Waals surface area contributed by atoms with E-state index in [2.05, 4.69) is 20.7 Å². The van der Waals surface area contributed by atoms with Gasteiger partial charge in [-0.05, 0) is 12.1 Å². The van der Waals surface area contributed by atoms with Gasteiger partial charge in [-0.25, -0.2) is 13.6 Å². The van der Waals surface area contributed by atoms with Crippen LogP contribution in [0, 0.1) is 11.6 Å². The van der Waals surface area contributed by atoms with Gasteiger partial charge in [-0.15, -0.1) is 0 Å². The fraction of sp³-hybridized carbons (Fsp3) is 0.182. The Kier molecular flexibility index (Phi) is 5.09. The van der Waals surface area contributed by atoms with Crippen LogP contribution in [0.15, 0.2) is 30.0 Å². The Labute approximate surface area is 105 Å². The lowest BCUT2D eigenvalue weighted by molar-refractivity contribution is -0.135. The second-order valence-corrected chi connectivity index (χ2v) is 3.48. The van der Waals surface area contributed by atoms with Gasteiger partial charge in [0.25, 0.3) is 0 Å². The van der Waals surface area contributed by atoms with Crippen LogP contribution >= 0.6 is 15.9 Å². The van der Waals surface area contributed by atoms with Crippen molar-refractivity contribution in [3.8, 4) is 5.75 Å². The Balaban J connectivity index is 2.96. The van der Waals surface area contributed by atoms with E-state index in [1.165, 1.54) is 13.2 Å². The summed E-state index contributed by atoms with van der Waals surface area (Å²) in [6, 6.07) is 3.33. The number of para-hydroxylation sites is 1. The summed E-state index contributed by atoms with van der Waals surface area (Å²) in [5.41, 5.74) is 0. The predicted octanol–water partition coefficient (Wildman–Crippen LogP) is 2.80. The van der Waals surface area contributed by atoms with Crippen molar-refractivity contribution in [2.45, 2.75) is 0 Å². The van der Waals surface area contributed by atoms with Gasteiger partial charge in [-0.1, -0.05) is 22.0 Å². The van der Waals surface area contributed by atoms with Crippen LogP contribution in [0.4, 0.5) is 8.78 Å². The first-order valence-corrected chi connectivity index (χ1v) is 5.67. The largest absolute Gasteiger partial charge is 0.466 e. The monoisotopic (exact) mass is 306 g/mol. The topological polar surface area (TPSA) is 35.5 Å². The number of benzene rings is 1. The second-order valence-electron chi connectivity index (χ2n) is 2.92. The zero-order valence-corrected chi connectivity index (χ0v) is 10.5. The average molecular weight is 307 g/mol. The molecule has 0 radical (unpaired) electrons. The Morgan fingerprint density at radius 2 is 2.00 bits per heavy atom. The first kappa shape index (κ1) is 13.6. The summed E-state index contributed by atoms with van der Waals surface area (Å²) in [5.74, 6) is -2.87. The van der Waals surface area contributed by atoms with Crippen LogP contribution in [-0.4, -0.2) is 18.4 Å². The summed E-state index contributed by atoms with van der Waals surface area (Å²) in [7, 11) is 1.19. The molecule has 0 aromatic heterocycles. The van der Waals surface area contributed by atoms with Gasteiger partial charge in [0.05, 0.1) is 18.5 Å². The van der Waals surface area contributed by atoms with Crippen molar-refractivity contribution in [3.63, 3.8) is 0 Å². The minimum Gasteiger partial charge on any atom is -0.466 e. The zero-order chi connectivity index (χ0) is 12.8. The van der Waals surface area contributed by atoms with Crippen LogP contribution < -0.4 is 4.74 Å². The minimum absolute atomic E-state index is 0.0425. The molecule has 17 heavy (non-hydrogen) atoms. The predicted molar refractivity (Wildman–Crippen MR) is 60.9 cm³/mol. The highest BCUT2D eigenvalue weighted by Gasteiger charge is 2.12. The molecule has 0 fully saturated rings. The highest BCUT2D eigenvalue weighted by atomic mass is 79.9. The molecule has 0 unspecified atom stereocenters. The van der Waals surface area contributed by atoms with Gasteiger partial charge in [0.1, 0.15) is 5.76 Å². The van der Waals surface area contributed by atoms with Crippen molar-refractivity contribution in [3.05, 3.63) is 41.7 Å². The number of carbonyl (C=O) groups excluding carboxylic acids is 1. The van der Waals surface area contributed by atoms with Crippen LogP contribution in [0.2, 0.25) is 0 Å². The molecule has 0 N–H and O–H groups in total. The summed E-state index contributed by atoms with van der Waals surface area (Å²) < 4.78 is 35.8. The maximum Gasteiger partial charge on any atom is 0.333 e. The zero-order valence-electron chi connectivity index (χ0n) is 8.88. The number of hydrogen-bond acceptors (Lipinski definition) is 3. The van der Waals surface area contributed by atoms with Crippen LogP contribution in [0.1, 0.15) is 0 Å². The van der Waals surface area contributed by atoms with Crippen LogP contribution in [-0.2, 0) is 9.53 Å². The summed E-state index contributed by atoms with van der Waals surface area (Å²) in [6.45, 7) is 0. The van der Waals surface area contributed by atoms with E-state index in [4.69, 9.17) is 4.74 Å². The molecule has 0 amide bonds. The molecule has 0 aliphatic heterocycles. The van der Waals surface area contributed by atoms with Gasteiger partial charge in [0.15, 0.2) is 17.4 Å². The maximum atomic E-state index is 13.2. The highest BCUT2D eigenvalue weighted by Crippen LogP contribution is 2.23. The number of rotatable bonds is 4. The molecule has 0 saturated heterocycles. The first-order chi connectivity index (χ1) is 8.08. The molecule has 0 saturated carbocycles. The van der Waals surface area contributed by atoms with E-state index in [0.717, 1.165) is 18.2 Å². The fourth-order valence-corrected chi connectivity index (χ4v) is 1.27. The summed E-state index contributed by atoms with van der Waals surface area (Å²) in [5, 5.41) is 0.121. The number of carbonyl (C=O) groups is 1. The molecule has 1 rings (SSSR count). The molecule has 1 aromatic carbocycles. The van der Waals surface area contributed by atoms with Gasteiger partial charge >= 0.3 is 5.97 Å². The van der Waals surface area contributed by atoms with E-state index in [0.29, 0.717) is 0 Å². The van der Waals surface area contributed by atoms with E-state index < -0.39 is 23.4 Å². The molecule has 0 spiro atoms. The van der Waals surface area contributed by atoms with Crippen molar-refractivity contribution in [2.24, 2.45) is 0 Å². The molecule has 0 bridgehead atoms. The van der Waals surface area contributed by atoms with E-state index in [-0.39, 0.29) is 11.1 Å². The van der Waals surface area contributed by atoms with Gasteiger partial charge in [0.2, 0.25) is 0 Å². The van der Waals surface area contributed by atoms with Crippen LogP contribution in [0.25, 0.3) is 0 Å². The van der Waals surface area contributed by atoms with Crippen molar-refractivity contribution >= 4 is 21.9 Å². The Morgan fingerprint density at radius 1 is 1.41 bits per heavy atom. The fourth-order valence-electron chi connectivity index (χ4n) is 0.997. The molecule has 0 heterocycles.